The van der Waals surface area contributed by atoms with E-state index in [1.165, 1.54) is 38.1 Å². The van der Waals surface area contributed by atoms with Gasteiger partial charge < -0.3 is 18.6 Å². The number of aryl methyl sites for hydroxylation is 1. The molecule has 3 aromatic rings. The number of nitrogens with zero attached hydrogens (tertiary/aromatic N) is 2. The molecule has 0 aliphatic heterocycles. The van der Waals surface area contributed by atoms with E-state index in [0.717, 1.165) is 0 Å². The molecule has 1 aromatic carbocycles. The van der Waals surface area contributed by atoms with Gasteiger partial charge in [-0.2, -0.15) is 5.10 Å². The largest absolute Gasteiger partial charge is 0.493 e. The Labute approximate surface area is 228 Å². The number of rotatable bonds is 12. The van der Waals surface area contributed by atoms with Crippen LogP contribution in [-0.4, -0.2) is 66.2 Å². The maximum Gasteiger partial charge on any atom is 0.289 e. The summed E-state index contributed by atoms with van der Waals surface area (Å²) in [5, 5.41) is 4.00. The minimum atomic E-state index is -4.16. The molecule has 0 saturated heterocycles. The van der Waals surface area contributed by atoms with Crippen molar-refractivity contribution in [1.29, 1.82) is 0 Å². The van der Waals surface area contributed by atoms with Gasteiger partial charge in [-0.25, -0.2) is 22.3 Å². The quantitative estimate of drug-likeness (QED) is 0.254. The number of ether oxygens (including phenoxy) is 3. The second-order valence-electron chi connectivity index (χ2n) is 8.71. The van der Waals surface area contributed by atoms with Crippen molar-refractivity contribution in [3.63, 3.8) is 0 Å². The summed E-state index contributed by atoms with van der Waals surface area (Å²) in [7, 11) is -3.82. The van der Waals surface area contributed by atoms with E-state index in [-0.39, 0.29) is 40.5 Å². The van der Waals surface area contributed by atoms with Crippen LogP contribution in [0.2, 0.25) is 0 Å². The van der Waals surface area contributed by atoms with Gasteiger partial charge in [-0.15, -0.1) is 0 Å². The van der Waals surface area contributed by atoms with Crippen LogP contribution < -0.4 is 19.6 Å². The minimum absolute atomic E-state index is 0.152. The van der Waals surface area contributed by atoms with Crippen molar-refractivity contribution in [3.05, 3.63) is 47.3 Å². The molecule has 0 spiro atoms. The van der Waals surface area contributed by atoms with Crippen molar-refractivity contribution in [1.82, 2.24) is 9.83 Å². The molecule has 1 amide bonds. The van der Waals surface area contributed by atoms with E-state index in [2.05, 4.69) is 10.5 Å². The van der Waals surface area contributed by atoms with E-state index in [4.69, 9.17) is 14.2 Å². The van der Waals surface area contributed by atoms with Crippen molar-refractivity contribution < 1.29 is 35.8 Å². The summed E-state index contributed by atoms with van der Waals surface area (Å²) < 4.78 is 71.0. The fourth-order valence-electron chi connectivity index (χ4n) is 4.34. The maximum atomic E-state index is 13.5. The highest BCUT2D eigenvalue weighted by molar-refractivity contribution is 7.94. The first-order chi connectivity index (χ1) is 18.5. The average Bonchev–Trinajstić information content (AvgIpc) is 3.26. The third-order valence-corrected chi connectivity index (χ3v) is 9.98. The molecule has 11 nitrogen and oxygen atoms in total. The van der Waals surface area contributed by atoms with Crippen LogP contribution in [0.3, 0.4) is 0 Å². The highest BCUT2D eigenvalue weighted by atomic mass is 32.2. The number of carbonyl (C=O) groups is 1. The molecule has 212 valence electrons. The van der Waals surface area contributed by atoms with Crippen LogP contribution in [0, 0.1) is 6.92 Å². The zero-order valence-corrected chi connectivity index (χ0v) is 24.4. The fraction of sp³-hybridized carbons (Fsp3) is 0.385. The number of carbonyl (C=O) groups excluding carboxylic acids is 1. The number of fused-ring (bicyclic) bond motifs is 1. The van der Waals surface area contributed by atoms with E-state index in [1.54, 1.807) is 45.0 Å². The van der Waals surface area contributed by atoms with Crippen LogP contribution in [0.15, 0.2) is 45.4 Å². The van der Waals surface area contributed by atoms with Gasteiger partial charge in [0.15, 0.2) is 31.2 Å². The summed E-state index contributed by atoms with van der Waals surface area (Å²) in [4.78, 5) is 12.6. The van der Waals surface area contributed by atoms with E-state index in [1.807, 2.05) is 0 Å². The standard InChI is InChI=1S/C26H33N3O8S2/c1-7-12-38(31,32)24-21-17(3)10-9-11-29(21)22(25(24)39(33,34)13-8-2)26(30)28-27-16-18-14-19(35-4)23(37-6)20(15-18)36-5/h9-11,14-16H,7-8,12-13H2,1-6H3,(H,28,30)/b27-16-. The predicted octanol–water partition coefficient (Wildman–Crippen LogP) is 3.40. The first-order valence-corrected chi connectivity index (χ1v) is 15.5. The van der Waals surface area contributed by atoms with Gasteiger partial charge in [-0.3, -0.25) is 4.79 Å². The Morgan fingerprint density at radius 2 is 1.51 bits per heavy atom. The van der Waals surface area contributed by atoms with Gasteiger partial charge >= 0.3 is 0 Å². The molecule has 0 bridgehead atoms. The number of hydrogen-bond donors (Lipinski definition) is 1. The number of hydrogen-bond acceptors (Lipinski definition) is 9. The molecule has 13 heteroatoms. The molecule has 0 saturated carbocycles. The molecule has 3 rings (SSSR count). The summed E-state index contributed by atoms with van der Waals surface area (Å²) in [6.07, 6.45) is 3.30. The molecule has 2 aromatic heterocycles. The average molecular weight is 580 g/mol. The lowest BCUT2D eigenvalue weighted by atomic mass is 10.2. The fourth-order valence-corrected chi connectivity index (χ4v) is 8.38. The van der Waals surface area contributed by atoms with Crippen molar-refractivity contribution in [3.8, 4) is 17.2 Å². The van der Waals surface area contributed by atoms with E-state index < -0.39 is 30.5 Å². The Hall–Kier alpha value is -3.58. The van der Waals surface area contributed by atoms with Crippen LogP contribution in [0.5, 0.6) is 17.2 Å². The SMILES string of the molecule is CCCS(=O)(=O)c1c(S(=O)(=O)CCC)c2c(C)cccn2c1C(=O)N/N=C\c1cc(OC)c(OC)c(OC)c1. The molecular formula is C26H33N3O8S2. The molecule has 0 unspecified atom stereocenters. The van der Waals surface area contributed by atoms with Gasteiger partial charge in [0.25, 0.3) is 5.91 Å². The lowest BCUT2D eigenvalue weighted by Crippen LogP contribution is -2.23. The topological polar surface area (TPSA) is 142 Å². The Kier molecular flexibility index (Phi) is 9.28. The van der Waals surface area contributed by atoms with Crippen LogP contribution >= 0.6 is 0 Å². The Balaban J connectivity index is 2.20. The summed E-state index contributed by atoms with van der Waals surface area (Å²) in [6.45, 7) is 5.02. The molecule has 39 heavy (non-hydrogen) atoms. The molecular weight excluding hydrogens is 546 g/mol. The van der Waals surface area contributed by atoms with Crippen LogP contribution in [0.4, 0.5) is 0 Å². The summed E-state index contributed by atoms with van der Waals surface area (Å²) in [6, 6.07) is 6.50. The van der Waals surface area contributed by atoms with E-state index >= 15 is 0 Å². The molecule has 2 heterocycles. The minimum Gasteiger partial charge on any atom is -0.493 e. The monoisotopic (exact) mass is 579 g/mol. The normalized spacial score (nSPS) is 12.2. The lowest BCUT2D eigenvalue weighted by Gasteiger charge is -2.12. The van der Waals surface area contributed by atoms with Crippen molar-refractivity contribution in [2.24, 2.45) is 5.10 Å². The van der Waals surface area contributed by atoms with Crippen LogP contribution in [0.1, 0.15) is 48.3 Å². The summed E-state index contributed by atoms with van der Waals surface area (Å²) in [5.41, 5.74) is 3.19. The second kappa shape index (κ2) is 12.1. The molecule has 0 aliphatic rings. The highest BCUT2D eigenvalue weighted by Crippen LogP contribution is 2.38. The van der Waals surface area contributed by atoms with E-state index in [9.17, 15) is 21.6 Å². The number of amides is 1. The smallest absolute Gasteiger partial charge is 0.289 e. The Morgan fingerprint density at radius 1 is 0.949 bits per heavy atom. The summed E-state index contributed by atoms with van der Waals surface area (Å²) in [5.74, 6) is -0.356. The second-order valence-corrected chi connectivity index (χ2v) is 12.8. The predicted molar refractivity (Wildman–Crippen MR) is 148 cm³/mol. The Morgan fingerprint density at radius 3 is 2.03 bits per heavy atom. The number of aromatic nitrogens is 1. The number of nitrogens with one attached hydrogen (secondary N) is 1. The maximum absolute atomic E-state index is 13.5. The third kappa shape index (κ3) is 5.88. The number of pyridine rings is 1. The summed E-state index contributed by atoms with van der Waals surface area (Å²) >= 11 is 0. The first-order valence-electron chi connectivity index (χ1n) is 12.2. The highest BCUT2D eigenvalue weighted by Gasteiger charge is 2.37. The van der Waals surface area contributed by atoms with Crippen LogP contribution in [-0.2, 0) is 19.7 Å². The van der Waals surface area contributed by atoms with Gasteiger partial charge in [-0.05, 0) is 43.5 Å². The number of benzene rings is 1. The van der Waals surface area contributed by atoms with Crippen molar-refractivity contribution in [2.75, 3.05) is 32.8 Å². The third-order valence-electron chi connectivity index (χ3n) is 5.92. The van der Waals surface area contributed by atoms with Gasteiger partial charge in [0, 0.05) is 11.8 Å². The molecule has 0 fully saturated rings. The molecule has 0 atom stereocenters. The van der Waals surface area contributed by atoms with Gasteiger partial charge in [0.05, 0.1) is 44.6 Å². The molecule has 1 N–H and O–H groups in total. The zero-order chi connectivity index (χ0) is 29.0. The number of sulfone groups is 2. The van der Waals surface area contributed by atoms with Gasteiger partial charge in [0.2, 0.25) is 5.75 Å². The zero-order valence-electron chi connectivity index (χ0n) is 22.8. The molecule has 0 radical (unpaired) electrons. The lowest BCUT2D eigenvalue weighted by molar-refractivity contribution is 0.0945. The van der Waals surface area contributed by atoms with Crippen LogP contribution in [0.25, 0.3) is 5.52 Å². The number of hydrazone groups is 1. The number of methoxy groups -OCH3 is 3. The molecule has 0 aliphatic carbocycles. The van der Waals surface area contributed by atoms with Gasteiger partial charge in [0.1, 0.15) is 15.5 Å². The van der Waals surface area contributed by atoms with Gasteiger partial charge in [-0.1, -0.05) is 19.9 Å². The first kappa shape index (κ1) is 30.0. The Bertz CT molecular complexity index is 1600. The van der Waals surface area contributed by atoms with Crippen molar-refractivity contribution >= 4 is 37.3 Å². The van der Waals surface area contributed by atoms with Crippen molar-refractivity contribution in [2.45, 2.75) is 43.4 Å². The van der Waals surface area contributed by atoms with E-state index in [0.29, 0.717) is 28.4 Å².